The molecule has 8 rings (SSSR count). The summed E-state index contributed by atoms with van der Waals surface area (Å²) in [6, 6.07) is 53.1. The van der Waals surface area contributed by atoms with Crippen LogP contribution in [0.15, 0.2) is 146 Å². The van der Waals surface area contributed by atoms with Crippen molar-refractivity contribution in [1.82, 2.24) is 0 Å². The van der Waals surface area contributed by atoms with Gasteiger partial charge in [-0.1, -0.05) is 150 Å². The van der Waals surface area contributed by atoms with Gasteiger partial charge in [-0.25, -0.2) is 0 Å². The molecule has 0 saturated carbocycles. The van der Waals surface area contributed by atoms with E-state index in [-0.39, 0.29) is 16.3 Å². The van der Waals surface area contributed by atoms with Crippen LogP contribution in [0, 0.1) is 0 Å². The Labute approximate surface area is 314 Å². The summed E-state index contributed by atoms with van der Waals surface area (Å²) in [6.07, 6.45) is 0. The van der Waals surface area contributed by atoms with Crippen molar-refractivity contribution in [1.29, 1.82) is 0 Å². The second kappa shape index (κ2) is 14.8. The van der Waals surface area contributed by atoms with Crippen LogP contribution in [0.5, 0.6) is 0 Å². The average molecular weight is 831 g/mol. The molecule has 2 heteroatoms. The van der Waals surface area contributed by atoms with Crippen LogP contribution < -0.4 is 0 Å². The minimum absolute atomic E-state index is 0.176. The Hall–Kier alpha value is -3.85. The van der Waals surface area contributed by atoms with E-state index in [0.29, 0.717) is 0 Å². The molecule has 8 aromatic carbocycles. The Balaban J connectivity index is 0.000000156. The first-order valence-corrected chi connectivity index (χ1v) is 25.6. The van der Waals surface area contributed by atoms with Crippen LogP contribution in [-0.2, 0) is 33.8 Å². The van der Waals surface area contributed by atoms with Gasteiger partial charge in [-0.3, -0.25) is 0 Å². The Morgan fingerprint density at radius 2 is 0.720 bits per heavy atom. The molecule has 0 N–H and O–H groups in total. The molecule has 248 valence electrons. The predicted octanol–water partition coefficient (Wildman–Crippen LogP) is 14.1. The fourth-order valence-electron chi connectivity index (χ4n) is 6.73. The van der Waals surface area contributed by atoms with Crippen LogP contribution >= 0.6 is 0 Å². The summed E-state index contributed by atoms with van der Waals surface area (Å²) in [5.74, 6) is 0. The first kappa shape index (κ1) is 36.0. The summed E-state index contributed by atoms with van der Waals surface area (Å²) in [5, 5.41) is 10.6. The molecule has 0 fully saturated rings. The third kappa shape index (κ3) is 7.88. The van der Waals surface area contributed by atoms with E-state index in [1.165, 1.54) is 99.5 Å². The Kier molecular flexibility index (Phi) is 10.6. The molecule has 0 atom stereocenters. The van der Waals surface area contributed by atoms with Crippen molar-refractivity contribution < 1.29 is 23.0 Å². The average Bonchev–Trinajstić information content (AvgIpc) is 3.74. The number of fused-ring (bicyclic) bond motifs is 4. The van der Waals surface area contributed by atoms with Crippen molar-refractivity contribution in [2.75, 3.05) is 0 Å². The van der Waals surface area contributed by atoms with E-state index in [1.807, 2.05) is 0 Å². The van der Waals surface area contributed by atoms with Crippen LogP contribution in [0.1, 0.15) is 52.7 Å². The second-order valence-electron chi connectivity index (χ2n) is 15.7. The van der Waals surface area contributed by atoms with E-state index in [1.54, 1.807) is 0 Å². The molecule has 0 nitrogen and oxygen atoms in total. The summed E-state index contributed by atoms with van der Waals surface area (Å²) in [4.78, 5) is 0. The van der Waals surface area contributed by atoms with Crippen LogP contribution in [0.3, 0.4) is 0 Å². The van der Waals surface area contributed by atoms with Crippen LogP contribution in [0.25, 0.3) is 65.3 Å². The number of rotatable bonds is 2. The summed E-state index contributed by atoms with van der Waals surface area (Å²) < 4.78 is 0. The zero-order valence-electron chi connectivity index (χ0n) is 30.9. The summed E-state index contributed by atoms with van der Waals surface area (Å²) in [6.45, 7) is 18.3. The third-order valence-electron chi connectivity index (χ3n) is 9.39. The van der Waals surface area contributed by atoms with Crippen molar-refractivity contribution in [2.24, 2.45) is 0 Å². The zero-order valence-corrected chi connectivity index (χ0v) is 35.4. The maximum absolute atomic E-state index is 2.37. The summed E-state index contributed by atoms with van der Waals surface area (Å²) >= 11 is 1.45. The normalized spacial score (nSPS) is 11.7. The van der Waals surface area contributed by atoms with E-state index in [4.69, 9.17) is 0 Å². The molecular weight excluding hydrogens is 783 g/mol. The Morgan fingerprint density at radius 3 is 1.08 bits per heavy atom. The van der Waals surface area contributed by atoms with Gasteiger partial charge in [0.1, 0.15) is 0 Å². The molecule has 0 heterocycles. The Bertz CT molecular complexity index is 2260. The fourth-order valence-corrected chi connectivity index (χ4v) is 6.73. The molecular formula is C48H48HfSi. The van der Waals surface area contributed by atoms with Gasteiger partial charge in [0.15, 0.2) is 0 Å². The number of hydrogen-bond donors (Lipinski definition) is 0. The molecule has 0 aliphatic heterocycles. The quantitative estimate of drug-likeness (QED) is 0.120. The second-order valence-corrected chi connectivity index (χ2v) is 28.4. The predicted molar refractivity (Wildman–Crippen MR) is 220 cm³/mol. The van der Waals surface area contributed by atoms with E-state index < -0.39 is 0 Å². The van der Waals surface area contributed by atoms with Crippen molar-refractivity contribution >= 4 is 48.6 Å². The van der Waals surface area contributed by atoms with E-state index >= 15 is 0 Å². The Morgan fingerprint density at radius 1 is 0.420 bits per heavy atom. The first-order chi connectivity index (χ1) is 23.8. The van der Waals surface area contributed by atoms with Gasteiger partial charge in [-0.15, -0.1) is 69.1 Å². The SMILES string of the molecule is CC(C)(C)c1cc2c(-c3cccc4ccccc34)cccc2[cH-]1.CC(C)(C)c1cc2c(-c3cccc4ccccc34)cccc2[cH-]1.C[Si](C)=[Hf+2]. The van der Waals surface area contributed by atoms with Gasteiger partial charge in [0, 0.05) is 0 Å². The van der Waals surface area contributed by atoms with Crippen molar-refractivity contribution in [3.05, 3.63) is 157 Å². The third-order valence-corrected chi connectivity index (χ3v) is 9.39. The van der Waals surface area contributed by atoms with Gasteiger partial charge in [0.05, 0.1) is 0 Å². The van der Waals surface area contributed by atoms with Crippen molar-refractivity contribution in [3.8, 4) is 22.3 Å². The van der Waals surface area contributed by atoms with Gasteiger partial charge in [-0.2, -0.15) is 12.1 Å². The monoisotopic (exact) mass is 832 g/mol. The molecule has 8 aromatic rings. The topological polar surface area (TPSA) is 0 Å². The van der Waals surface area contributed by atoms with E-state index in [0.717, 1.165) is 0 Å². The molecule has 0 aliphatic rings. The van der Waals surface area contributed by atoms with Gasteiger partial charge >= 0.3 is 41.6 Å². The molecule has 0 bridgehead atoms. The minimum atomic E-state index is 0.176. The first-order valence-electron chi connectivity index (χ1n) is 17.7. The van der Waals surface area contributed by atoms with Gasteiger partial charge < -0.3 is 0 Å². The van der Waals surface area contributed by atoms with Gasteiger partial charge in [-0.05, 0) is 43.5 Å². The van der Waals surface area contributed by atoms with Crippen LogP contribution in [0.4, 0.5) is 0 Å². The van der Waals surface area contributed by atoms with Crippen LogP contribution in [0.2, 0.25) is 13.1 Å². The van der Waals surface area contributed by atoms with Crippen molar-refractivity contribution in [2.45, 2.75) is 65.5 Å². The summed E-state index contributed by atoms with van der Waals surface area (Å²) in [5.41, 5.74) is 8.71. The van der Waals surface area contributed by atoms with Gasteiger partial charge in [0.2, 0.25) is 0 Å². The molecule has 0 spiro atoms. The van der Waals surface area contributed by atoms with Crippen LogP contribution in [-0.4, -0.2) is 5.49 Å². The number of hydrogen-bond acceptors (Lipinski definition) is 0. The molecule has 0 radical (unpaired) electrons. The number of benzene rings is 6. The van der Waals surface area contributed by atoms with Crippen molar-refractivity contribution in [3.63, 3.8) is 0 Å². The summed E-state index contributed by atoms with van der Waals surface area (Å²) in [7, 11) is 0. The zero-order chi connectivity index (χ0) is 35.6. The molecule has 0 aliphatic carbocycles. The fraction of sp³-hybridized carbons (Fsp3) is 0.208. The van der Waals surface area contributed by atoms with E-state index in [9.17, 15) is 0 Å². The molecule has 0 amide bonds. The molecule has 50 heavy (non-hydrogen) atoms. The maximum atomic E-state index is 2.37. The van der Waals surface area contributed by atoms with E-state index in [2.05, 4.69) is 200 Å². The van der Waals surface area contributed by atoms with Gasteiger partial charge in [0.25, 0.3) is 0 Å². The molecule has 0 saturated heterocycles. The molecule has 0 aromatic heterocycles. The molecule has 0 unspecified atom stereocenters. The standard InChI is InChI=1S/2C23H21.C2H6Si.Hf/c2*1-23(2,3)18-14-17-10-7-13-21(22(17)15-18)20-12-6-9-16-8-4-5-11-19(16)20;1-3-2;/h2*4-15H,1-3H3;1-2H3;/q2*-1;;+2.